The molecule has 1 aromatic carbocycles. The van der Waals surface area contributed by atoms with Gasteiger partial charge < -0.3 is 30.0 Å². The first kappa shape index (κ1) is 24.3. The number of phenols is 1. The lowest BCUT2D eigenvalue weighted by molar-refractivity contribution is -0.873. The van der Waals surface area contributed by atoms with Crippen LogP contribution < -0.4 is 10.8 Å². The predicted molar refractivity (Wildman–Crippen MR) is 101 cm³/mol. The molecule has 0 saturated carbocycles. The number of carboxylic acids is 1. The maximum absolute atomic E-state index is 12.3. The summed E-state index contributed by atoms with van der Waals surface area (Å²) in [4.78, 5) is 46.7. The molecule has 9 heteroatoms. The lowest BCUT2D eigenvalue weighted by Gasteiger charge is -2.29. The lowest BCUT2D eigenvalue weighted by Crippen LogP contribution is -2.46. The zero-order chi connectivity index (χ0) is 22.2. The highest BCUT2D eigenvalue weighted by atomic mass is 16.5. The van der Waals surface area contributed by atoms with E-state index >= 15 is 0 Å². The van der Waals surface area contributed by atoms with Crippen molar-refractivity contribution in [2.24, 2.45) is 11.7 Å². The number of hydrogen-bond donors (Lipinski definition) is 2. The minimum atomic E-state index is -1.50. The number of esters is 1. The van der Waals surface area contributed by atoms with Gasteiger partial charge in [-0.25, -0.2) is 0 Å². The number of benzene rings is 1. The molecule has 0 saturated heterocycles. The number of ketones is 1. The summed E-state index contributed by atoms with van der Waals surface area (Å²) in [7, 11) is 5.35. The fourth-order valence-corrected chi connectivity index (χ4v) is 2.71. The molecule has 0 aliphatic carbocycles. The Morgan fingerprint density at radius 1 is 1.17 bits per heavy atom. The number of Topliss-reactive ketones (excluding diaryl/α,β-unsaturated/α-hetero) is 1. The van der Waals surface area contributed by atoms with Crippen LogP contribution in [0.25, 0.3) is 0 Å². The third-order valence-corrected chi connectivity index (χ3v) is 4.07. The van der Waals surface area contributed by atoms with Gasteiger partial charge in [-0.05, 0) is 24.1 Å². The van der Waals surface area contributed by atoms with Crippen molar-refractivity contribution in [1.29, 1.82) is 0 Å². The van der Waals surface area contributed by atoms with Crippen molar-refractivity contribution < 1.29 is 38.6 Å². The average molecular weight is 407 g/mol. The van der Waals surface area contributed by atoms with Crippen molar-refractivity contribution in [3.8, 4) is 5.75 Å². The van der Waals surface area contributed by atoms with Gasteiger partial charge in [-0.2, -0.15) is 0 Å². The van der Waals surface area contributed by atoms with Crippen LogP contribution in [0.1, 0.15) is 18.4 Å². The molecule has 0 aliphatic rings. The van der Waals surface area contributed by atoms with Gasteiger partial charge in [0, 0.05) is 18.8 Å². The molecule has 1 radical (unpaired) electrons. The quantitative estimate of drug-likeness (QED) is 0.247. The number of carboxylic acid groups (broad SMARTS) is 1. The SMILES string of the molecule is C[N+](C)(C)CC(CC(=O)[O-])OC(=O)C([C]=O)CC(=O)[C@@H](N)Cc1ccc(O)cc1. The maximum Gasteiger partial charge on any atom is 0.317 e. The molecule has 0 heterocycles. The first-order valence-electron chi connectivity index (χ1n) is 9.06. The number of quaternary nitrogens is 1. The normalized spacial score (nSPS) is 14.5. The van der Waals surface area contributed by atoms with Gasteiger partial charge in [0.05, 0.1) is 27.2 Å². The molecule has 0 spiro atoms. The van der Waals surface area contributed by atoms with Gasteiger partial charge in [-0.15, -0.1) is 0 Å². The Hall–Kier alpha value is -2.78. The number of rotatable bonds is 12. The summed E-state index contributed by atoms with van der Waals surface area (Å²) >= 11 is 0. The van der Waals surface area contributed by atoms with Crippen LogP contribution in [0.2, 0.25) is 0 Å². The first-order chi connectivity index (χ1) is 13.4. The summed E-state index contributed by atoms with van der Waals surface area (Å²) in [5.41, 5.74) is 6.56. The molecule has 3 N–H and O–H groups in total. The minimum absolute atomic E-state index is 0.0759. The molecule has 0 aliphatic heterocycles. The van der Waals surface area contributed by atoms with E-state index in [0.29, 0.717) is 10.0 Å². The molecule has 1 aromatic rings. The molecule has 0 fully saturated rings. The van der Waals surface area contributed by atoms with Gasteiger partial charge in [0.25, 0.3) is 0 Å². The van der Waals surface area contributed by atoms with Crippen molar-refractivity contribution in [2.75, 3.05) is 27.7 Å². The molecule has 0 bridgehead atoms. The van der Waals surface area contributed by atoms with Crippen LogP contribution in [0, 0.1) is 5.92 Å². The third kappa shape index (κ3) is 9.31. The lowest BCUT2D eigenvalue weighted by atomic mass is 9.96. The highest BCUT2D eigenvalue weighted by molar-refractivity contribution is 5.95. The Balaban J connectivity index is 2.72. The number of aliphatic carboxylic acids is 1. The van der Waals surface area contributed by atoms with E-state index in [1.807, 2.05) is 0 Å². The standard InChI is InChI=1S/C20H27N2O7/c1-22(2,3)11-16(10-19(26)27)29-20(28)14(12-23)9-18(25)17(21)8-13-4-6-15(24)7-5-13/h4-7,14,16-17H,8-11,21H2,1-3H3,(H-,24,26,27)/t14?,16?,17-/m0/s1. The largest absolute Gasteiger partial charge is 0.550 e. The molecule has 9 nitrogen and oxygen atoms in total. The summed E-state index contributed by atoms with van der Waals surface area (Å²) in [6.07, 6.45) is -0.393. The number of carbonyl (C=O) groups is 3. The summed E-state index contributed by atoms with van der Waals surface area (Å²) in [6, 6.07) is 5.16. The van der Waals surface area contributed by atoms with Crippen LogP contribution in [0.3, 0.4) is 0 Å². The van der Waals surface area contributed by atoms with Gasteiger partial charge in [0.15, 0.2) is 11.9 Å². The second-order valence-electron chi connectivity index (χ2n) is 7.93. The highest BCUT2D eigenvalue weighted by Crippen LogP contribution is 2.14. The molecular weight excluding hydrogens is 380 g/mol. The van der Waals surface area contributed by atoms with E-state index in [1.54, 1.807) is 33.3 Å². The number of nitrogens with two attached hydrogens (primary N) is 1. The summed E-state index contributed by atoms with van der Waals surface area (Å²) in [6.45, 7) is 0.180. The summed E-state index contributed by atoms with van der Waals surface area (Å²) in [5, 5.41) is 20.2. The van der Waals surface area contributed by atoms with Gasteiger partial charge in [0.2, 0.25) is 6.29 Å². The fourth-order valence-electron chi connectivity index (χ4n) is 2.71. The Morgan fingerprint density at radius 3 is 2.24 bits per heavy atom. The van der Waals surface area contributed by atoms with Crippen molar-refractivity contribution in [3.05, 3.63) is 29.8 Å². The zero-order valence-corrected chi connectivity index (χ0v) is 16.8. The second-order valence-corrected chi connectivity index (χ2v) is 7.93. The molecule has 159 valence electrons. The maximum atomic E-state index is 12.3. The first-order valence-corrected chi connectivity index (χ1v) is 9.06. The van der Waals surface area contributed by atoms with Crippen LogP contribution in [-0.2, 0) is 30.3 Å². The number of phenolic OH excluding ortho intramolecular Hbond substituents is 1. The molecule has 0 amide bonds. The Bertz CT molecular complexity index is 725. The zero-order valence-electron chi connectivity index (χ0n) is 16.8. The fraction of sp³-hybridized carbons (Fsp3) is 0.500. The Kier molecular flexibility index (Phi) is 8.93. The average Bonchev–Trinajstić information content (AvgIpc) is 2.59. The van der Waals surface area contributed by atoms with E-state index in [4.69, 9.17) is 10.5 Å². The molecule has 0 aromatic heterocycles. The van der Waals surface area contributed by atoms with Gasteiger partial charge in [-0.1, -0.05) is 12.1 Å². The van der Waals surface area contributed by atoms with Crippen LogP contribution in [0.5, 0.6) is 5.75 Å². The van der Waals surface area contributed by atoms with Crippen LogP contribution >= 0.6 is 0 Å². The van der Waals surface area contributed by atoms with Gasteiger partial charge in [-0.3, -0.25) is 14.4 Å². The number of likely N-dealkylation sites (N-methyl/N-ethyl adjacent to an activating group) is 1. The molecule has 2 unspecified atom stereocenters. The van der Waals surface area contributed by atoms with E-state index in [2.05, 4.69) is 0 Å². The Labute approximate surface area is 169 Å². The predicted octanol–water partition coefficient (Wildman–Crippen LogP) is -1.29. The number of ether oxygens (including phenoxy) is 1. The van der Waals surface area contributed by atoms with Crippen molar-refractivity contribution in [2.45, 2.75) is 31.4 Å². The highest BCUT2D eigenvalue weighted by Gasteiger charge is 2.30. The van der Waals surface area contributed by atoms with Crippen LogP contribution in [0.4, 0.5) is 0 Å². The minimum Gasteiger partial charge on any atom is -0.550 e. The summed E-state index contributed by atoms with van der Waals surface area (Å²) in [5.74, 6) is -4.37. The molecule has 29 heavy (non-hydrogen) atoms. The second kappa shape index (κ2) is 10.7. The number of carbonyl (C=O) groups excluding carboxylic acids is 4. The van der Waals surface area contributed by atoms with Gasteiger partial charge in [0.1, 0.15) is 18.2 Å². The number of aromatic hydroxyl groups is 1. The van der Waals surface area contributed by atoms with E-state index < -0.39 is 48.6 Å². The van der Waals surface area contributed by atoms with Crippen molar-refractivity contribution in [1.82, 2.24) is 0 Å². The van der Waals surface area contributed by atoms with E-state index in [-0.39, 0.29) is 18.7 Å². The molecule has 3 atom stereocenters. The van der Waals surface area contributed by atoms with E-state index in [0.717, 1.165) is 0 Å². The van der Waals surface area contributed by atoms with Crippen molar-refractivity contribution in [3.63, 3.8) is 0 Å². The van der Waals surface area contributed by atoms with Crippen molar-refractivity contribution >= 4 is 24.0 Å². The number of hydrogen-bond acceptors (Lipinski definition) is 8. The Morgan fingerprint density at radius 2 is 1.76 bits per heavy atom. The van der Waals surface area contributed by atoms with E-state index in [9.17, 15) is 29.4 Å². The smallest absolute Gasteiger partial charge is 0.317 e. The monoisotopic (exact) mass is 407 g/mol. The van der Waals surface area contributed by atoms with Crippen LogP contribution in [0.15, 0.2) is 24.3 Å². The third-order valence-electron chi connectivity index (χ3n) is 4.07. The van der Waals surface area contributed by atoms with Crippen LogP contribution in [-0.4, -0.2) is 73.4 Å². The van der Waals surface area contributed by atoms with E-state index in [1.165, 1.54) is 18.4 Å². The summed E-state index contributed by atoms with van der Waals surface area (Å²) < 4.78 is 5.46. The topological polar surface area (TPSA) is 147 Å². The molecule has 1 rings (SSSR count). The van der Waals surface area contributed by atoms with Gasteiger partial charge >= 0.3 is 5.97 Å². The number of nitrogens with zero attached hydrogens (tertiary/aromatic N) is 1. The molecular formula is C20H27N2O7.